The van der Waals surface area contributed by atoms with E-state index in [9.17, 15) is 0 Å². The first-order valence-corrected chi connectivity index (χ1v) is 8.39. The number of benzene rings is 1. The van der Waals surface area contributed by atoms with Gasteiger partial charge >= 0.3 is 0 Å². The van der Waals surface area contributed by atoms with Crippen LogP contribution in [0.15, 0.2) is 54.3 Å². The molecule has 1 saturated heterocycles. The van der Waals surface area contributed by atoms with Gasteiger partial charge in [-0.2, -0.15) is 0 Å². The molecule has 0 aromatic heterocycles. The lowest BCUT2D eigenvalue weighted by Gasteiger charge is -2.46. The van der Waals surface area contributed by atoms with Crippen LogP contribution in [0.25, 0.3) is 0 Å². The van der Waals surface area contributed by atoms with Crippen molar-refractivity contribution in [3.8, 4) is 0 Å². The average molecular weight is 313 g/mol. The number of rotatable bonds is 4. The van der Waals surface area contributed by atoms with Crippen LogP contribution in [0.1, 0.15) is 24.8 Å². The molecule has 2 aliphatic heterocycles. The van der Waals surface area contributed by atoms with Crippen molar-refractivity contribution in [1.29, 1.82) is 0 Å². The first kappa shape index (κ1) is 16.2. The summed E-state index contributed by atoms with van der Waals surface area (Å²) in [5.41, 5.74) is 3.53. The SMILES string of the molecule is C=CC1=C(N(C)N)CCOC12CCN(Cc1ccccc1)CC2. The molecule has 1 aromatic rings. The molecule has 2 N–H and O–H groups in total. The van der Waals surface area contributed by atoms with Crippen LogP contribution in [0.5, 0.6) is 0 Å². The lowest BCUT2D eigenvalue weighted by atomic mass is 9.80. The van der Waals surface area contributed by atoms with Crippen LogP contribution in [0.4, 0.5) is 0 Å². The molecule has 124 valence electrons. The number of nitrogens with two attached hydrogens (primary N) is 1. The third kappa shape index (κ3) is 3.34. The fourth-order valence-electron chi connectivity index (χ4n) is 3.82. The van der Waals surface area contributed by atoms with Gasteiger partial charge in [0.2, 0.25) is 0 Å². The largest absolute Gasteiger partial charge is 0.370 e. The lowest BCUT2D eigenvalue weighted by Crippen LogP contribution is -2.50. The Morgan fingerprint density at radius 3 is 2.61 bits per heavy atom. The number of hydrogen-bond donors (Lipinski definition) is 1. The predicted molar refractivity (Wildman–Crippen MR) is 93.4 cm³/mol. The minimum atomic E-state index is -0.198. The fraction of sp³-hybridized carbons (Fsp3) is 0.474. The summed E-state index contributed by atoms with van der Waals surface area (Å²) in [7, 11) is 1.91. The Bertz CT molecular complexity index is 572. The van der Waals surface area contributed by atoms with E-state index in [-0.39, 0.29) is 5.60 Å². The summed E-state index contributed by atoms with van der Waals surface area (Å²) in [5, 5.41) is 1.73. The minimum absolute atomic E-state index is 0.198. The molecule has 0 atom stereocenters. The van der Waals surface area contributed by atoms with Gasteiger partial charge in [-0.3, -0.25) is 4.90 Å². The van der Waals surface area contributed by atoms with Crippen molar-refractivity contribution in [2.75, 3.05) is 26.7 Å². The maximum absolute atomic E-state index is 6.25. The second-order valence-electron chi connectivity index (χ2n) is 6.53. The smallest absolute Gasteiger partial charge is 0.0972 e. The molecule has 1 spiro atoms. The Hall–Kier alpha value is -1.62. The first-order chi connectivity index (χ1) is 11.1. The monoisotopic (exact) mass is 313 g/mol. The Balaban J connectivity index is 1.71. The van der Waals surface area contributed by atoms with E-state index >= 15 is 0 Å². The van der Waals surface area contributed by atoms with Crippen molar-refractivity contribution in [2.24, 2.45) is 5.84 Å². The molecule has 1 fully saturated rings. The van der Waals surface area contributed by atoms with Gasteiger partial charge in [0.15, 0.2) is 0 Å². The number of hydrogen-bond acceptors (Lipinski definition) is 4. The summed E-state index contributed by atoms with van der Waals surface area (Å²) < 4.78 is 6.25. The molecular formula is C19H27N3O. The number of piperidine rings is 1. The van der Waals surface area contributed by atoms with E-state index < -0.39 is 0 Å². The average Bonchev–Trinajstić information content (AvgIpc) is 2.58. The van der Waals surface area contributed by atoms with Gasteiger partial charge in [-0.15, -0.1) is 0 Å². The number of likely N-dealkylation sites (tertiary alicyclic amines) is 1. The molecule has 1 aromatic carbocycles. The Labute approximate surface area is 139 Å². The second-order valence-corrected chi connectivity index (χ2v) is 6.53. The van der Waals surface area contributed by atoms with Gasteiger partial charge in [-0.25, -0.2) is 5.84 Å². The molecule has 0 aliphatic carbocycles. The quantitative estimate of drug-likeness (QED) is 0.685. The normalized spacial score (nSPS) is 21.5. The van der Waals surface area contributed by atoms with E-state index in [1.165, 1.54) is 16.8 Å². The predicted octanol–water partition coefficient (Wildman–Crippen LogP) is 2.69. The van der Waals surface area contributed by atoms with Gasteiger partial charge in [0.1, 0.15) is 0 Å². The van der Waals surface area contributed by atoms with E-state index in [0.717, 1.165) is 45.5 Å². The third-order valence-corrected chi connectivity index (χ3v) is 5.06. The van der Waals surface area contributed by atoms with Crippen LogP contribution in [-0.2, 0) is 11.3 Å². The minimum Gasteiger partial charge on any atom is -0.370 e. The molecule has 0 saturated carbocycles. The second kappa shape index (κ2) is 6.87. The highest BCUT2D eigenvalue weighted by Gasteiger charge is 2.41. The van der Waals surface area contributed by atoms with Crippen LogP contribution in [0, 0.1) is 0 Å². The standard InChI is InChI=1S/C19H27N3O/c1-3-17-18(21(2)20)9-14-23-19(17)10-12-22(13-11-19)15-16-7-5-4-6-8-16/h3-8H,1,9-15,20H2,2H3. The molecule has 0 amide bonds. The maximum atomic E-state index is 6.25. The van der Waals surface area contributed by atoms with E-state index in [1.54, 1.807) is 5.01 Å². The zero-order valence-electron chi connectivity index (χ0n) is 14.0. The van der Waals surface area contributed by atoms with E-state index in [1.807, 2.05) is 13.1 Å². The summed E-state index contributed by atoms with van der Waals surface area (Å²) in [6.07, 6.45) is 4.81. The van der Waals surface area contributed by atoms with Crippen LogP contribution in [0.3, 0.4) is 0 Å². The van der Waals surface area contributed by atoms with Gasteiger partial charge in [0.25, 0.3) is 0 Å². The van der Waals surface area contributed by atoms with Crippen molar-refractivity contribution in [1.82, 2.24) is 9.91 Å². The molecule has 4 nitrogen and oxygen atoms in total. The highest BCUT2D eigenvalue weighted by Crippen LogP contribution is 2.40. The maximum Gasteiger partial charge on any atom is 0.0972 e. The van der Waals surface area contributed by atoms with Crippen molar-refractivity contribution in [3.05, 3.63) is 59.8 Å². The van der Waals surface area contributed by atoms with Gasteiger partial charge in [0.05, 0.1) is 12.2 Å². The highest BCUT2D eigenvalue weighted by molar-refractivity contribution is 5.35. The summed E-state index contributed by atoms with van der Waals surface area (Å²) in [5.74, 6) is 6.01. The van der Waals surface area contributed by atoms with Crippen LogP contribution < -0.4 is 5.84 Å². The van der Waals surface area contributed by atoms with Gasteiger partial charge in [0, 0.05) is 44.4 Å². The van der Waals surface area contributed by atoms with Crippen LogP contribution in [-0.4, -0.2) is 42.3 Å². The lowest BCUT2D eigenvalue weighted by molar-refractivity contribution is -0.0680. The van der Waals surface area contributed by atoms with Crippen molar-refractivity contribution >= 4 is 0 Å². The van der Waals surface area contributed by atoms with Crippen molar-refractivity contribution in [2.45, 2.75) is 31.4 Å². The summed E-state index contributed by atoms with van der Waals surface area (Å²) in [6, 6.07) is 10.7. The first-order valence-electron chi connectivity index (χ1n) is 8.39. The van der Waals surface area contributed by atoms with Crippen molar-refractivity contribution in [3.63, 3.8) is 0 Å². The summed E-state index contributed by atoms with van der Waals surface area (Å²) >= 11 is 0. The zero-order valence-corrected chi connectivity index (χ0v) is 14.0. The molecule has 3 rings (SSSR count). The van der Waals surface area contributed by atoms with Crippen LogP contribution >= 0.6 is 0 Å². The summed E-state index contributed by atoms with van der Waals surface area (Å²) in [6.45, 7) is 7.84. The zero-order chi connectivity index (χ0) is 16.3. The van der Waals surface area contributed by atoms with Crippen molar-refractivity contribution < 1.29 is 4.74 Å². The molecule has 0 unspecified atom stereocenters. The summed E-state index contributed by atoms with van der Waals surface area (Å²) in [4.78, 5) is 2.51. The third-order valence-electron chi connectivity index (χ3n) is 5.06. The molecule has 4 heteroatoms. The highest BCUT2D eigenvalue weighted by atomic mass is 16.5. The molecule has 0 bridgehead atoms. The fourth-order valence-corrected chi connectivity index (χ4v) is 3.82. The van der Waals surface area contributed by atoms with E-state index in [2.05, 4.69) is 41.8 Å². The van der Waals surface area contributed by atoms with E-state index in [0.29, 0.717) is 0 Å². The Morgan fingerprint density at radius 1 is 1.30 bits per heavy atom. The Morgan fingerprint density at radius 2 is 2.00 bits per heavy atom. The Kier molecular flexibility index (Phi) is 4.85. The van der Waals surface area contributed by atoms with Gasteiger partial charge < -0.3 is 9.75 Å². The molecule has 23 heavy (non-hydrogen) atoms. The molecule has 0 radical (unpaired) electrons. The number of hydrazine groups is 1. The molecule has 2 aliphatic rings. The number of ether oxygens (including phenoxy) is 1. The molecular weight excluding hydrogens is 286 g/mol. The van der Waals surface area contributed by atoms with Gasteiger partial charge in [-0.05, 0) is 18.4 Å². The van der Waals surface area contributed by atoms with E-state index in [4.69, 9.17) is 10.6 Å². The van der Waals surface area contributed by atoms with Gasteiger partial charge in [-0.1, -0.05) is 43.0 Å². The molecule has 2 heterocycles. The number of nitrogens with zero attached hydrogens (tertiary/aromatic N) is 2. The van der Waals surface area contributed by atoms with Crippen LogP contribution in [0.2, 0.25) is 0 Å². The topological polar surface area (TPSA) is 41.7 Å².